The Morgan fingerprint density at radius 2 is 2.10 bits per heavy atom. The summed E-state index contributed by atoms with van der Waals surface area (Å²) in [6.45, 7) is 1.53. The first-order valence-electron chi connectivity index (χ1n) is 7.18. The van der Waals surface area contributed by atoms with Crippen molar-refractivity contribution in [2.45, 2.75) is 19.4 Å². The summed E-state index contributed by atoms with van der Waals surface area (Å²) < 4.78 is 10.1. The molecule has 2 atom stereocenters. The monoisotopic (exact) mass is 289 g/mol. The van der Waals surface area contributed by atoms with Crippen molar-refractivity contribution in [2.24, 2.45) is 11.3 Å². The van der Waals surface area contributed by atoms with Crippen LogP contribution in [0.5, 0.6) is 0 Å². The van der Waals surface area contributed by atoms with Crippen LogP contribution in [0.2, 0.25) is 0 Å². The average Bonchev–Trinajstić information content (AvgIpc) is 3.05. The maximum absolute atomic E-state index is 12.1. The van der Waals surface area contributed by atoms with Gasteiger partial charge in [0.25, 0.3) is 0 Å². The van der Waals surface area contributed by atoms with Crippen molar-refractivity contribution < 1.29 is 19.1 Å². The van der Waals surface area contributed by atoms with Crippen molar-refractivity contribution in [3.8, 4) is 0 Å². The number of carbonyl (C=O) groups excluding carboxylic acids is 2. The van der Waals surface area contributed by atoms with E-state index in [1.807, 2.05) is 30.3 Å². The highest BCUT2D eigenvalue weighted by atomic mass is 16.6. The lowest BCUT2D eigenvalue weighted by molar-refractivity contribution is -0.143. The molecule has 1 saturated heterocycles. The van der Waals surface area contributed by atoms with Gasteiger partial charge in [0.05, 0.1) is 13.0 Å². The van der Waals surface area contributed by atoms with E-state index in [9.17, 15) is 9.59 Å². The molecule has 1 aliphatic heterocycles. The Kier molecular flexibility index (Phi) is 3.57. The zero-order valence-corrected chi connectivity index (χ0v) is 12.1. The smallest absolute Gasteiger partial charge is 0.410 e. The highest BCUT2D eigenvalue weighted by molar-refractivity contribution is 5.77. The summed E-state index contributed by atoms with van der Waals surface area (Å²) in [5.74, 6) is -0.205. The molecule has 1 saturated carbocycles. The van der Waals surface area contributed by atoms with E-state index in [0.29, 0.717) is 13.1 Å². The maximum atomic E-state index is 12.1. The van der Waals surface area contributed by atoms with Crippen molar-refractivity contribution in [2.75, 3.05) is 20.2 Å². The van der Waals surface area contributed by atoms with Gasteiger partial charge < -0.3 is 14.4 Å². The molecule has 0 bridgehead atoms. The highest BCUT2D eigenvalue weighted by Gasteiger charge is 2.62. The SMILES string of the molecule is COC(=O)C1CC12CCN(C(=O)OCc1ccccc1)C2. The number of amides is 1. The summed E-state index contributed by atoms with van der Waals surface area (Å²) >= 11 is 0. The van der Waals surface area contributed by atoms with Gasteiger partial charge >= 0.3 is 12.1 Å². The van der Waals surface area contributed by atoms with Gasteiger partial charge in [-0.3, -0.25) is 4.79 Å². The zero-order chi connectivity index (χ0) is 14.9. The number of ether oxygens (including phenoxy) is 2. The Morgan fingerprint density at radius 3 is 2.81 bits per heavy atom. The number of likely N-dealkylation sites (tertiary alicyclic amines) is 1. The molecule has 2 fully saturated rings. The quantitative estimate of drug-likeness (QED) is 0.801. The molecule has 2 unspecified atom stereocenters. The lowest BCUT2D eigenvalue weighted by Crippen LogP contribution is -2.30. The van der Waals surface area contributed by atoms with E-state index in [-0.39, 0.29) is 30.0 Å². The predicted octanol–water partition coefficient (Wildman–Crippen LogP) is 2.21. The van der Waals surface area contributed by atoms with Crippen LogP contribution in [0.15, 0.2) is 30.3 Å². The fourth-order valence-electron chi connectivity index (χ4n) is 3.14. The van der Waals surface area contributed by atoms with Crippen molar-refractivity contribution >= 4 is 12.1 Å². The molecular formula is C16H19NO4. The Balaban J connectivity index is 1.50. The number of benzene rings is 1. The average molecular weight is 289 g/mol. The lowest BCUT2D eigenvalue weighted by Gasteiger charge is -2.16. The fourth-order valence-corrected chi connectivity index (χ4v) is 3.14. The number of methoxy groups -OCH3 is 1. The second-order valence-corrected chi connectivity index (χ2v) is 5.85. The van der Waals surface area contributed by atoms with Crippen molar-refractivity contribution in [3.05, 3.63) is 35.9 Å². The summed E-state index contributed by atoms with van der Waals surface area (Å²) in [5, 5.41) is 0. The van der Waals surface area contributed by atoms with E-state index < -0.39 is 0 Å². The Morgan fingerprint density at radius 1 is 1.33 bits per heavy atom. The largest absolute Gasteiger partial charge is 0.469 e. The van der Waals surface area contributed by atoms with Crippen LogP contribution in [0, 0.1) is 11.3 Å². The third-order valence-corrected chi connectivity index (χ3v) is 4.52. The molecule has 0 N–H and O–H groups in total. The molecule has 21 heavy (non-hydrogen) atoms. The molecule has 1 spiro atoms. The van der Waals surface area contributed by atoms with E-state index in [1.54, 1.807) is 4.90 Å². The second-order valence-electron chi connectivity index (χ2n) is 5.85. The second kappa shape index (κ2) is 5.39. The van der Waals surface area contributed by atoms with Crippen LogP contribution in [0.3, 0.4) is 0 Å². The maximum Gasteiger partial charge on any atom is 0.410 e. The van der Waals surface area contributed by atoms with Crippen LogP contribution in [-0.2, 0) is 20.9 Å². The number of hydrogen-bond donors (Lipinski definition) is 0. The highest BCUT2D eigenvalue weighted by Crippen LogP contribution is 2.58. The predicted molar refractivity (Wildman–Crippen MR) is 75.4 cm³/mol. The Bertz CT molecular complexity index is 544. The molecule has 112 valence electrons. The molecule has 1 aromatic carbocycles. The van der Waals surface area contributed by atoms with Crippen molar-refractivity contribution in [3.63, 3.8) is 0 Å². The fraction of sp³-hybridized carbons (Fsp3) is 0.500. The van der Waals surface area contributed by atoms with E-state index in [1.165, 1.54) is 7.11 Å². The van der Waals surface area contributed by atoms with Crippen LogP contribution >= 0.6 is 0 Å². The van der Waals surface area contributed by atoms with Gasteiger partial charge in [0, 0.05) is 18.5 Å². The summed E-state index contributed by atoms with van der Waals surface area (Å²) in [5.41, 5.74) is 0.914. The van der Waals surface area contributed by atoms with Crippen LogP contribution in [0.25, 0.3) is 0 Å². The van der Waals surface area contributed by atoms with Crippen LogP contribution < -0.4 is 0 Å². The van der Waals surface area contributed by atoms with Gasteiger partial charge in [-0.25, -0.2) is 4.79 Å². The topological polar surface area (TPSA) is 55.8 Å². The number of carbonyl (C=O) groups is 2. The van der Waals surface area contributed by atoms with Crippen molar-refractivity contribution in [1.82, 2.24) is 4.90 Å². The Hall–Kier alpha value is -2.04. The molecular weight excluding hydrogens is 270 g/mol. The molecule has 3 rings (SSSR count). The van der Waals surface area contributed by atoms with E-state index in [2.05, 4.69) is 0 Å². The van der Waals surface area contributed by atoms with E-state index >= 15 is 0 Å². The van der Waals surface area contributed by atoms with Gasteiger partial charge in [-0.05, 0) is 18.4 Å². The van der Waals surface area contributed by atoms with E-state index in [0.717, 1.165) is 18.4 Å². The van der Waals surface area contributed by atoms with Crippen LogP contribution in [0.4, 0.5) is 4.79 Å². The molecule has 2 aliphatic rings. The minimum atomic E-state index is -0.300. The third-order valence-electron chi connectivity index (χ3n) is 4.52. The summed E-state index contributed by atoms with van der Waals surface area (Å²) in [6, 6.07) is 9.60. The molecule has 1 aromatic rings. The zero-order valence-electron chi connectivity index (χ0n) is 12.1. The number of esters is 1. The molecule has 0 aromatic heterocycles. The lowest BCUT2D eigenvalue weighted by atomic mass is 10.0. The van der Waals surface area contributed by atoms with Crippen LogP contribution in [-0.4, -0.2) is 37.2 Å². The number of hydrogen-bond acceptors (Lipinski definition) is 4. The third kappa shape index (κ3) is 2.73. The number of rotatable bonds is 3. The summed E-state index contributed by atoms with van der Waals surface area (Å²) in [6.07, 6.45) is 1.38. The minimum absolute atomic E-state index is 0.0468. The van der Waals surface area contributed by atoms with Gasteiger partial charge in [0.2, 0.25) is 0 Å². The molecule has 5 nitrogen and oxygen atoms in total. The first-order valence-corrected chi connectivity index (χ1v) is 7.18. The Labute approximate surface area is 123 Å². The van der Waals surface area contributed by atoms with Gasteiger partial charge in [-0.15, -0.1) is 0 Å². The minimum Gasteiger partial charge on any atom is -0.469 e. The van der Waals surface area contributed by atoms with Gasteiger partial charge in [0.1, 0.15) is 6.61 Å². The van der Waals surface area contributed by atoms with Gasteiger partial charge in [0.15, 0.2) is 0 Å². The molecule has 1 heterocycles. The number of nitrogens with zero attached hydrogens (tertiary/aromatic N) is 1. The first-order chi connectivity index (χ1) is 10.1. The molecule has 0 radical (unpaired) electrons. The molecule has 1 amide bonds. The standard InChI is InChI=1S/C16H19NO4/c1-20-14(18)13-9-16(13)7-8-17(11-16)15(19)21-10-12-5-3-2-4-6-12/h2-6,13H,7-11H2,1H3. The first kappa shape index (κ1) is 13.9. The summed E-state index contributed by atoms with van der Waals surface area (Å²) in [7, 11) is 1.41. The van der Waals surface area contributed by atoms with E-state index in [4.69, 9.17) is 9.47 Å². The summed E-state index contributed by atoms with van der Waals surface area (Å²) in [4.78, 5) is 25.3. The normalized spacial score (nSPS) is 26.7. The van der Waals surface area contributed by atoms with Gasteiger partial charge in [-0.2, -0.15) is 0 Å². The van der Waals surface area contributed by atoms with Crippen LogP contribution in [0.1, 0.15) is 18.4 Å². The van der Waals surface area contributed by atoms with Gasteiger partial charge in [-0.1, -0.05) is 30.3 Å². The van der Waals surface area contributed by atoms with Crippen molar-refractivity contribution in [1.29, 1.82) is 0 Å². The molecule has 1 aliphatic carbocycles. The molecule has 5 heteroatoms.